The number of amides is 1. The molecule has 0 radical (unpaired) electrons. The van der Waals surface area contributed by atoms with E-state index in [9.17, 15) is 4.79 Å². The molecular weight excluding hydrogens is 365 g/mol. The number of aromatic nitrogens is 2. The van der Waals surface area contributed by atoms with Gasteiger partial charge in [-0.3, -0.25) is 0 Å². The van der Waals surface area contributed by atoms with E-state index in [2.05, 4.69) is 5.10 Å². The normalized spacial score (nSPS) is 15.9. The van der Waals surface area contributed by atoms with Crippen molar-refractivity contribution in [3.63, 3.8) is 0 Å². The third-order valence-corrected chi connectivity index (χ3v) is 4.82. The van der Waals surface area contributed by atoms with Crippen LogP contribution in [0.25, 0.3) is 0 Å². The summed E-state index contributed by atoms with van der Waals surface area (Å²) in [5.74, 6) is 0.396. The van der Waals surface area contributed by atoms with Crippen LogP contribution in [0.4, 0.5) is 4.79 Å². The molecule has 1 amide bonds. The number of ether oxygens (including phenoxy) is 2. The summed E-state index contributed by atoms with van der Waals surface area (Å²) in [6.07, 6.45) is -0.397. The first-order chi connectivity index (χ1) is 12.0. The van der Waals surface area contributed by atoms with E-state index in [0.29, 0.717) is 42.2 Å². The van der Waals surface area contributed by atoms with Gasteiger partial charge < -0.3 is 14.4 Å². The van der Waals surface area contributed by atoms with Gasteiger partial charge in [-0.05, 0) is 31.5 Å². The van der Waals surface area contributed by atoms with E-state index in [0.717, 1.165) is 11.3 Å². The second-order valence-corrected chi connectivity index (χ2v) is 6.70. The van der Waals surface area contributed by atoms with Crippen LogP contribution in [0.3, 0.4) is 0 Å². The molecule has 1 aliphatic heterocycles. The number of rotatable bonds is 3. The van der Waals surface area contributed by atoms with Crippen LogP contribution < -0.4 is 4.74 Å². The summed E-state index contributed by atoms with van der Waals surface area (Å²) in [4.78, 5) is 14.0. The molecule has 0 aliphatic carbocycles. The van der Waals surface area contributed by atoms with Crippen LogP contribution in [-0.4, -0.2) is 47.1 Å². The SMILES string of the molecule is Cc1cc(OC(=O)N2CCOCC2)n(C(C)c2ccc(Cl)c(Cl)c2)n1. The van der Waals surface area contributed by atoms with Crippen molar-refractivity contribution in [1.82, 2.24) is 14.7 Å². The number of carbonyl (C=O) groups excluding carboxylic acids is 1. The van der Waals surface area contributed by atoms with Crippen molar-refractivity contribution < 1.29 is 14.3 Å². The monoisotopic (exact) mass is 383 g/mol. The smallest absolute Gasteiger partial charge is 0.391 e. The molecule has 6 nitrogen and oxygen atoms in total. The third kappa shape index (κ3) is 4.08. The number of hydrogen-bond donors (Lipinski definition) is 0. The van der Waals surface area contributed by atoms with Crippen LogP contribution in [0.5, 0.6) is 5.88 Å². The van der Waals surface area contributed by atoms with Crippen molar-refractivity contribution in [2.24, 2.45) is 0 Å². The number of benzene rings is 1. The van der Waals surface area contributed by atoms with Crippen molar-refractivity contribution >= 4 is 29.3 Å². The summed E-state index contributed by atoms with van der Waals surface area (Å²) in [7, 11) is 0. The van der Waals surface area contributed by atoms with Crippen molar-refractivity contribution in [3.8, 4) is 5.88 Å². The molecule has 0 bridgehead atoms. The van der Waals surface area contributed by atoms with E-state index in [1.54, 1.807) is 27.8 Å². The molecule has 1 unspecified atom stereocenters. The maximum atomic E-state index is 12.4. The summed E-state index contributed by atoms with van der Waals surface area (Å²) in [5.41, 5.74) is 1.68. The number of halogens is 2. The fourth-order valence-electron chi connectivity index (χ4n) is 2.66. The van der Waals surface area contributed by atoms with Crippen LogP contribution >= 0.6 is 23.2 Å². The van der Waals surface area contributed by atoms with Gasteiger partial charge in [-0.2, -0.15) is 5.10 Å². The van der Waals surface area contributed by atoms with Gasteiger partial charge in [0.05, 0.1) is 35.0 Å². The Morgan fingerprint density at radius 2 is 1.96 bits per heavy atom. The van der Waals surface area contributed by atoms with Gasteiger partial charge in [-0.15, -0.1) is 0 Å². The maximum absolute atomic E-state index is 12.4. The van der Waals surface area contributed by atoms with E-state index >= 15 is 0 Å². The highest BCUT2D eigenvalue weighted by molar-refractivity contribution is 6.42. The van der Waals surface area contributed by atoms with E-state index < -0.39 is 6.09 Å². The molecule has 1 atom stereocenters. The number of carbonyl (C=O) groups is 1. The molecule has 2 aromatic rings. The van der Waals surface area contributed by atoms with Crippen LogP contribution in [0, 0.1) is 6.92 Å². The molecule has 8 heteroatoms. The first-order valence-electron chi connectivity index (χ1n) is 8.01. The highest BCUT2D eigenvalue weighted by atomic mass is 35.5. The van der Waals surface area contributed by atoms with Crippen LogP contribution in [0.2, 0.25) is 10.0 Å². The minimum atomic E-state index is -0.397. The third-order valence-electron chi connectivity index (χ3n) is 4.08. The molecule has 134 valence electrons. The Balaban J connectivity index is 1.82. The van der Waals surface area contributed by atoms with Gasteiger partial charge in [0, 0.05) is 19.2 Å². The quantitative estimate of drug-likeness (QED) is 0.805. The Morgan fingerprint density at radius 1 is 1.24 bits per heavy atom. The highest BCUT2D eigenvalue weighted by Gasteiger charge is 2.23. The van der Waals surface area contributed by atoms with Gasteiger partial charge in [0.1, 0.15) is 0 Å². The number of hydrogen-bond acceptors (Lipinski definition) is 4. The minimum Gasteiger partial charge on any atom is -0.391 e. The molecule has 3 rings (SSSR count). The molecule has 1 aromatic heterocycles. The average molecular weight is 384 g/mol. The lowest BCUT2D eigenvalue weighted by atomic mass is 10.1. The fourth-order valence-corrected chi connectivity index (χ4v) is 2.97. The highest BCUT2D eigenvalue weighted by Crippen LogP contribution is 2.29. The molecular formula is C17H19Cl2N3O3. The molecule has 1 aromatic carbocycles. The van der Waals surface area contributed by atoms with E-state index in [1.807, 2.05) is 19.9 Å². The second-order valence-electron chi connectivity index (χ2n) is 5.89. The lowest BCUT2D eigenvalue weighted by Crippen LogP contribution is -2.42. The molecule has 1 aliphatic rings. The molecule has 0 spiro atoms. The predicted molar refractivity (Wildman–Crippen MR) is 95.7 cm³/mol. The summed E-state index contributed by atoms with van der Waals surface area (Å²) < 4.78 is 12.5. The Kier molecular flexibility index (Phi) is 5.51. The summed E-state index contributed by atoms with van der Waals surface area (Å²) >= 11 is 12.1. The zero-order chi connectivity index (χ0) is 18.0. The number of aryl methyl sites for hydroxylation is 1. The number of morpholine rings is 1. The standard InChI is InChI=1S/C17H19Cl2N3O3/c1-11-9-16(25-17(23)21-5-7-24-8-6-21)22(20-11)12(2)13-3-4-14(18)15(19)10-13/h3-4,9-10,12H,5-8H2,1-2H3. The second kappa shape index (κ2) is 7.64. The molecule has 2 heterocycles. The summed E-state index contributed by atoms with van der Waals surface area (Å²) in [5, 5.41) is 5.42. The first-order valence-corrected chi connectivity index (χ1v) is 8.77. The van der Waals surface area contributed by atoms with Gasteiger partial charge in [-0.25, -0.2) is 9.48 Å². The van der Waals surface area contributed by atoms with Gasteiger partial charge in [0.25, 0.3) is 0 Å². The van der Waals surface area contributed by atoms with Crippen molar-refractivity contribution in [1.29, 1.82) is 0 Å². The topological polar surface area (TPSA) is 56.6 Å². The minimum absolute atomic E-state index is 0.170. The Labute approximate surface area is 156 Å². The van der Waals surface area contributed by atoms with Crippen molar-refractivity contribution in [2.45, 2.75) is 19.9 Å². The van der Waals surface area contributed by atoms with E-state index in [4.69, 9.17) is 32.7 Å². The van der Waals surface area contributed by atoms with E-state index in [1.165, 1.54) is 0 Å². The van der Waals surface area contributed by atoms with Gasteiger partial charge >= 0.3 is 6.09 Å². The van der Waals surface area contributed by atoms with Crippen LogP contribution in [0.15, 0.2) is 24.3 Å². The summed E-state index contributed by atoms with van der Waals surface area (Å²) in [6, 6.07) is 6.98. The Bertz CT molecular complexity index is 772. The predicted octanol–water partition coefficient (Wildman–Crippen LogP) is 3.94. The van der Waals surface area contributed by atoms with Crippen LogP contribution in [0.1, 0.15) is 24.2 Å². The van der Waals surface area contributed by atoms with Gasteiger partial charge in [0.15, 0.2) is 0 Å². The van der Waals surface area contributed by atoms with Crippen molar-refractivity contribution in [2.75, 3.05) is 26.3 Å². The van der Waals surface area contributed by atoms with Gasteiger partial charge in [0.2, 0.25) is 5.88 Å². The lowest BCUT2D eigenvalue weighted by molar-refractivity contribution is 0.0406. The molecule has 1 fully saturated rings. The maximum Gasteiger partial charge on any atom is 0.416 e. The van der Waals surface area contributed by atoms with Crippen LogP contribution in [-0.2, 0) is 4.74 Å². The zero-order valence-corrected chi connectivity index (χ0v) is 15.5. The molecule has 25 heavy (non-hydrogen) atoms. The fraction of sp³-hybridized carbons (Fsp3) is 0.412. The zero-order valence-electron chi connectivity index (χ0n) is 14.0. The lowest BCUT2D eigenvalue weighted by Gasteiger charge is -2.26. The van der Waals surface area contributed by atoms with Gasteiger partial charge in [-0.1, -0.05) is 29.3 Å². The largest absolute Gasteiger partial charge is 0.416 e. The molecule has 0 saturated carbocycles. The Hall–Kier alpha value is -1.76. The van der Waals surface area contributed by atoms with E-state index in [-0.39, 0.29) is 6.04 Å². The molecule has 1 saturated heterocycles. The summed E-state index contributed by atoms with van der Waals surface area (Å²) in [6.45, 7) is 5.89. The average Bonchev–Trinajstić information content (AvgIpc) is 2.97. The first kappa shape index (κ1) is 18.0. The number of nitrogens with zero attached hydrogens (tertiary/aromatic N) is 3. The Morgan fingerprint density at radius 3 is 2.64 bits per heavy atom. The van der Waals surface area contributed by atoms with Crippen molar-refractivity contribution in [3.05, 3.63) is 45.6 Å². The molecule has 0 N–H and O–H groups in total.